The Morgan fingerprint density at radius 1 is 1.18 bits per heavy atom. The molecule has 0 aromatic carbocycles. The van der Waals surface area contributed by atoms with Crippen LogP contribution in [-0.4, -0.2) is 0 Å². The zero-order chi connectivity index (χ0) is 8.74. The highest BCUT2D eigenvalue weighted by Gasteiger charge is 2.09. The minimum atomic E-state index is 0.336. The van der Waals surface area contributed by atoms with Crippen LogP contribution in [0.3, 0.4) is 0 Å². The zero-order valence-corrected chi connectivity index (χ0v) is 8.22. The summed E-state index contributed by atoms with van der Waals surface area (Å²) < 4.78 is 0. The van der Waals surface area contributed by atoms with E-state index in [1.54, 1.807) is 0 Å². The lowest BCUT2D eigenvalue weighted by Gasteiger charge is -2.17. The van der Waals surface area contributed by atoms with Crippen molar-refractivity contribution in [2.45, 2.75) is 40.5 Å². The lowest BCUT2D eigenvalue weighted by Crippen LogP contribution is -2.04. The van der Waals surface area contributed by atoms with Crippen LogP contribution in [0.25, 0.3) is 0 Å². The molecule has 64 valence electrons. The fourth-order valence-corrected chi connectivity index (χ4v) is 0.927. The van der Waals surface area contributed by atoms with Crippen molar-refractivity contribution in [3.05, 3.63) is 24.3 Å². The molecule has 0 amide bonds. The standard InChI is InChI=1S/C11H20/c1-5-7-9-11(3,4)10-8-6-2/h5,7-8,10H,6,9H2,1-4H3. The molecule has 0 spiro atoms. The third-order valence-corrected chi connectivity index (χ3v) is 1.68. The summed E-state index contributed by atoms with van der Waals surface area (Å²) in [6.07, 6.45) is 11.2. The molecule has 0 bridgehead atoms. The van der Waals surface area contributed by atoms with Crippen LogP contribution >= 0.6 is 0 Å². The molecule has 0 heteroatoms. The molecule has 0 aromatic heterocycles. The van der Waals surface area contributed by atoms with Gasteiger partial charge in [-0.05, 0) is 25.2 Å². The summed E-state index contributed by atoms with van der Waals surface area (Å²) in [6, 6.07) is 0. The molecule has 0 radical (unpaired) electrons. The summed E-state index contributed by atoms with van der Waals surface area (Å²) in [4.78, 5) is 0. The molecule has 0 unspecified atom stereocenters. The minimum absolute atomic E-state index is 0.336. The SMILES string of the molecule is CC=CCC(C)(C)C=CCC. The fraction of sp³-hybridized carbons (Fsp3) is 0.636. The van der Waals surface area contributed by atoms with Gasteiger partial charge in [0.25, 0.3) is 0 Å². The lowest BCUT2D eigenvalue weighted by molar-refractivity contribution is 0.487. The van der Waals surface area contributed by atoms with E-state index >= 15 is 0 Å². The Labute approximate surface area is 71.0 Å². The normalized spacial score (nSPS) is 13.5. The van der Waals surface area contributed by atoms with E-state index in [4.69, 9.17) is 0 Å². The summed E-state index contributed by atoms with van der Waals surface area (Å²) in [5, 5.41) is 0. The predicted octanol–water partition coefficient (Wildman–Crippen LogP) is 3.95. The van der Waals surface area contributed by atoms with Gasteiger partial charge in [-0.15, -0.1) is 0 Å². The highest BCUT2D eigenvalue weighted by molar-refractivity contribution is 4.98. The van der Waals surface area contributed by atoms with Gasteiger partial charge in [0, 0.05) is 0 Å². The second-order valence-electron chi connectivity index (χ2n) is 3.57. The van der Waals surface area contributed by atoms with Crippen molar-refractivity contribution in [3.8, 4) is 0 Å². The lowest BCUT2D eigenvalue weighted by atomic mass is 9.88. The zero-order valence-electron chi connectivity index (χ0n) is 8.22. The Balaban J connectivity index is 3.88. The van der Waals surface area contributed by atoms with Crippen LogP contribution in [0.1, 0.15) is 40.5 Å². The third kappa shape index (κ3) is 5.90. The van der Waals surface area contributed by atoms with Gasteiger partial charge in [-0.25, -0.2) is 0 Å². The van der Waals surface area contributed by atoms with Gasteiger partial charge in [0.05, 0.1) is 0 Å². The predicted molar refractivity (Wildman–Crippen MR) is 52.6 cm³/mol. The van der Waals surface area contributed by atoms with E-state index in [-0.39, 0.29) is 0 Å². The van der Waals surface area contributed by atoms with E-state index in [9.17, 15) is 0 Å². The van der Waals surface area contributed by atoms with Gasteiger partial charge >= 0.3 is 0 Å². The molecule has 0 aliphatic heterocycles. The Morgan fingerprint density at radius 2 is 1.82 bits per heavy atom. The van der Waals surface area contributed by atoms with E-state index in [2.05, 4.69) is 52.0 Å². The Hall–Kier alpha value is -0.520. The first-order chi connectivity index (χ1) is 5.12. The van der Waals surface area contributed by atoms with Crippen LogP contribution in [0.4, 0.5) is 0 Å². The number of hydrogen-bond acceptors (Lipinski definition) is 0. The maximum atomic E-state index is 2.30. The molecule has 0 atom stereocenters. The second kappa shape index (κ2) is 5.17. The van der Waals surface area contributed by atoms with Gasteiger partial charge in [-0.3, -0.25) is 0 Å². The molecule has 0 nitrogen and oxygen atoms in total. The highest BCUT2D eigenvalue weighted by atomic mass is 14.1. The van der Waals surface area contributed by atoms with Gasteiger partial charge in [0.1, 0.15) is 0 Å². The molecule has 0 saturated carbocycles. The summed E-state index contributed by atoms with van der Waals surface area (Å²) >= 11 is 0. The van der Waals surface area contributed by atoms with Crippen LogP contribution < -0.4 is 0 Å². The molecule has 0 heterocycles. The Morgan fingerprint density at radius 3 is 2.27 bits per heavy atom. The average molecular weight is 152 g/mol. The molecular weight excluding hydrogens is 132 g/mol. The van der Waals surface area contributed by atoms with E-state index in [0.29, 0.717) is 5.41 Å². The highest BCUT2D eigenvalue weighted by Crippen LogP contribution is 2.22. The summed E-state index contributed by atoms with van der Waals surface area (Å²) in [5.74, 6) is 0. The quantitative estimate of drug-likeness (QED) is 0.535. The number of hydrogen-bond donors (Lipinski definition) is 0. The minimum Gasteiger partial charge on any atom is -0.0916 e. The average Bonchev–Trinajstić information content (AvgIpc) is 1.97. The van der Waals surface area contributed by atoms with Crippen molar-refractivity contribution in [1.82, 2.24) is 0 Å². The van der Waals surface area contributed by atoms with Crippen LogP contribution in [0.5, 0.6) is 0 Å². The van der Waals surface area contributed by atoms with E-state index in [0.717, 1.165) is 12.8 Å². The molecule has 0 rings (SSSR count). The molecule has 0 saturated heterocycles. The topological polar surface area (TPSA) is 0 Å². The van der Waals surface area contributed by atoms with Gasteiger partial charge < -0.3 is 0 Å². The van der Waals surface area contributed by atoms with Gasteiger partial charge in [-0.1, -0.05) is 45.1 Å². The monoisotopic (exact) mass is 152 g/mol. The fourth-order valence-electron chi connectivity index (χ4n) is 0.927. The summed E-state index contributed by atoms with van der Waals surface area (Å²) in [6.45, 7) is 8.76. The first-order valence-electron chi connectivity index (χ1n) is 4.41. The maximum Gasteiger partial charge on any atom is -0.0140 e. The van der Waals surface area contributed by atoms with Gasteiger partial charge in [0.15, 0.2) is 0 Å². The van der Waals surface area contributed by atoms with Crippen LogP contribution in [0.2, 0.25) is 0 Å². The maximum absolute atomic E-state index is 2.30. The summed E-state index contributed by atoms with van der Waals surface area (Å²) in [7, 11) is 0. The smallest absolute Gasteiger partial charge is 0.0140 e. The molecule has 0 fully saturated rings. The van der Waals surface area contributed by atoms with Gasteiger partial charge in [0.2, 0.25) is 0 Å². The first kappa shape index (κ1) is 10.5. The van der Waals surface area contributed by atoms with Crippen molar-refractivity contribution < 1.29 is 0 Å². The van der Waals surface area contributed by atoms with Gasteiger partial charge in [-0.2, -0.15) is 0 Å². The van der Waals surface area contributed by atoms with E-state index < -0.39 is 0 Å². The molecule has 0 N–H and O–H groups in total. The molecular formula is C11H20. The Bertz CT molecular complexity index is 138. The molecule has 11 heavy (non-hydrogen) atoms. The largest absolute Gasteiger partial charge is 0.0916 e. The van der Waals surface area contributed by atoms with E-state index in [1.807, 2.05) is 0 Å². The summed E-state index contributed by atoms with van der Waals surface area (Å²) in [5.41, 5.74) is 0.336. The van der Waals surface area contributed by atoms with E-state index in [1.165, 1.54) is 0 Å². The molecule has 0 aromatic rings. The van der Waals surface area contributed by atoms with Crippen molar-refractivity contribution >= 4 is 0 Å². The first-order valence-corrected chi connectivity index (χ1v) is 4.41. The van der Waals surface area contributed by atoms with Crippen molar-refractivity contribution in [1.29, 1.82) is 0 Å². The van der Waals surface area contributed by atoms with Crippen molar-refractivity contribution in [3.63, 3.8) is 0 Å². The van der Waals surface area contributed by atoms with Crippen LogP contribution in [-0.2, 0) is 0 Å². The number of rotatable bonds is 4. The molecule has 0 aliphatic carbocycles. The van der Waals surface area contributed by atoms with Crippen LogP contribution in [0.15, 0.2) is 24.3 Å². The number of allylic oxidation sites excluding steroid dienone is 4. The second-order valence-corrected chi connectivity index (χ2v) is 3.57. The Kier molecular flexibility index (Phi) is 4.93. The van der Waals surface area contributed by atoms with Crippen LogP contribution in [0, 0.1) is 5.41 Å². The molecule has 0 aliphatic rings. The third-order valence-electron chi connectivity index (χ3n) is 1.68. The van der Waals surface area contributed by atoms with Crippen molar-refractivity contribution in [2.75, 3.05) is 0 Å². The van der Waals surface area contributed by atoms with Crippen molar-refractivity contribution in [2.24, 2.45) is 5.41 Å².